The van der Waals surface area contributed by atoms with Gasteiger partial charge >= 0.3 is 0 Å². The monoisotopic (exact) mass is 358 g/mol. The lowest BCUT2D eigenvalue weighted by molar-refractivity contribution is -0.119. The van der Waals surface area contributed by atoms with Crippen molar-refractivity contribution in [2.75, 3.05) is 5.75 Å². The summed E-state index contributed by atoms with van der Waals surface area (Å²) in [6.07, 6.45) is 3.11. The molecule has 2 aromatic heterocycles. The van der Waals surface area contributed by atoms with Crippen LogP contribution in [0.25, 0.3) is 0 Å². The maximum absolute atomic E-state index is 12.3. The molecule has 3 rings (SSSR count). The third-order valence-corrected chi connectivity index (χ3v) is 4.34. The molecule has 1 aromatic carbocycles. The number of carbonyl (C=O) groups excluding carboxylic acids is 1. The highest BCUT2D eigenvalue weighted by Crippen LogP contribution is 2.15. The fraction of sp³-hybridized carbons (Fsp3) is 0.312. The van der Waals surface area contributed by atoms with Crippen LogP contribution in [-0.2, 0) is 17.1 Å². The van der Waals surface area contributed by atoms with E-state index in [-0.39, 0.29) is 11.9 Å². The molecule has 0 aliphatic heterocycles. The number of hydrogen-bond donors (Lipinski definition) is 1. The van der Waals surface area contributed by atoms with Crippen molar-refractivity contribution in [3.63, 3.8) is 0 Å². The van der Waals surface area contributed by atoms with Gasteiger partial charge in [-0.3, -0.25) is 9.48 Å². The molecule has 25 heavy (non-hydrogen) atoms. The molecule has 0 saturated heterocycles. The smallest absolute Gasteiger partial charge is 0.230 e. The van der Waals surface area contributed by atoms with Crippen LogP contribution in [0.15, 0.2) is 47.5 Å². The van der Waals surface area contributed by atoms with Crippen molar-refractivity contribution in [3.05, 3.63) is 60.3 Å². The van der Waals surface area contributed by atoms with E-state index >= 15 is 0 Å². The van der Waals surface area contributed by atoms with Gasteiger partial charge in [-0.1, -0.05) is 35.5 Å². The van der Waals surface area contributed by atoms with E-state index < -0.39 is 0 Å². The zero-order chi connectivity index (χ0) is 17.5. The van der Waals surface area contributed by atoms with Crippen LogP contribution in [-0.4, -0.2) is 36.6 Å². The Labute approximate surface area is 149 Å². The molecule has 1 N–H and O–H groups in total. The molecule has 0 fully saturated rings. The fourth-order valence-electron chi connectivity index (χ4n) is 2.30. The number of carbonyl (C=O) groups is 1. The number of thioether (sulfide) groups is 1. The van der Waals surface area contributed by atoms with Crippen LogP contribution >= 0.6 is 11.8 Å². The third kappa shape index (κ3) is 5.15. The lowest BCUT2D eigenvalue weighted by atomic mass is 10.1. The molecule has 1 unspecified atom stereocenters. The van der Waals surface area contributed by atoms with Crippen LogP contribution in [0.3, 0.4) is 0 Å². The molecule has 2 heterocycles. The normalized spacial score (nSPS) is 12.0. The van der Waals surface area contributed by atoms with Crippen molar-refractivity contribution < 1.29 is 9.32 Å². The molecule has 9 heteroatoms. The zero-order valence-corrected chi connectivity index (χ0v) is 14.5. The molecule has 0 aliphatic carbocycles. The van der Waals surface area contributed by atoms with Crippen molar-refractivity contribution in [1.29, 1.82) is 0 Å². The van der Waals surface area contributed by atoms with Gasteiger partial charge in [-0.25, -0.2) is 4.98 Å². The minimum absolute atomic E-state index is 0.0563. The average Bonchev–Trinajstić information content (AvgIpc) is 3.27. The van der Waals surface area contributed by atoms with E-state index in [1.807, 2.05) is 30.3 Å². The van der Waals surface area contributed by atoms with E-state index in [9.17, 15) is 4.79 Å². The van der Waals surface area contributed by atoms with Crippen molar-refractivity contribution in [2.24, 2.45) is 0 Å². The van der Waals surface area contributed by atoms with Crippen molar-refractivity contribution in [1.82, 2.24) is 30.2 Å². The Morgan fingerprint density at radius 2 is 2.20 bits per heavy atom. The topological polar surface area (TPSA) is 98.7 Å². The lowest BCUT2D eigenvalue weighted by Gasteiger charge is -2.19. The summed E-state index contributed by atoms with van der Waals surface area (Å²) in [5.74, 6) is 1.91. The van der Waals surface area contributed by atoms with Gasteiger partial charge in [0.05, 0.1) is 24.1 Å². The second-order valence-corrected chi connectivity index (χ2v) is 6.36. The van der Waals surface area contributed by atoms with E-state index in [1.165, 1.54) is 18.1 Å². The van der Waals surface area contributed by atoms with Gasteiger partial charge in [0.1, 0.15) is 12.7 Å². The van der Waals surface area contributed by atoms with E-state index in [2.05, 4.69) is 25.5 Å². The fourth-order valence-corrected chi connectivity index (χ4v) is 2.98. The van der Waals surface area contributed by atoms with Gasteiger partial charge in [-0.2, -0.15) is 10.1 Å². The van der Waals surface area contributed by atoms with Crippen LogP contribution in [0, 0.1) is 6.92 Å². The first kappa shape index (κ1) is 17.2. The number of nitrogens with one attached hydrogen (secondary N) is 1. The summed E-state index contributed by atoms with van der Waals surface area (Å²) in [5, 5.41) is 11.0. The SMILES string of the molecule is Cc1nc(CSCC(=O)NC(Cn2cncn2)c2ccccc2)no1. The number of aromatic nitrogens is 5. The molecule has 1 amide bonds. The minimum Gasteiger partial charge on any atom is -0.347 e. The van der Waals surface area contributed by atoms with Gasteiger partial charge in [-0.15, -0.1) is 11.8 Å². The Bertz CT molecular complexity index is 790. The molecular formula is C16H18N6O2S. The van der Waals surface area contributed by atoms with E-state index in [1.54, 1.807) is 17.9 Å². The Morgan fingerprint density at radius 1 is 1.36 bits per heavy atom. The van der Waals surface area contributed by atoms with Gasteiger partial charge in [0, 0.05) is 6.92 Å². The molecule has 1 atom stereocenters. The minimum atomic E-state index is -0.177. The van der Waals surface area contributed by atoms with Crippen molar-refractivity contribution in [3.8, 4) is 0 Å². The number of benzene rings is 1. The molecule has 130 valence electrons. The molecule has 8 nitrogen and oxygen atoms in total. The van der Waals surface area contributed by atoms with Crippen molar-refractivity contribution >= 4 is 17.7 Å². The lowest BCUT2D eigenvalue weighted by Crippen LogP contribution is -2.32. The van der Waals surface area contributed by atoms with Crippen molar-refractivity contribution in [2.45, 2.75) is 25.3 Å². The molecular weight excluding hydrogens is 340 g/mol. The maximum atomic E-state index is 12.3. The van der Waals surface area contributed by atoms with Gasteiger partial charge in [-0.05, 0) is 5.56 Å². The highest BCUT2D eigenvalue weighted by Gasteiger charge is 2.16. The highest BCUT2D eigenvalue weighted by atomic mass is 32.2. The Hall–Kier alpha value is -2.68. The van der Waals surface area contributed by atoms with Gasteiger partial charge in [0.2, 0.25) is 11.8 Å². The summed E-state index contributed by atoms with van der Waals surface area (Å²) >= 11 is 1.44. The third-order valence-electron chi connectivity index (χ3n) is 3.41. The van der Waals surface area contributed by atoms with Gasteiger partial charge in [0.15, 0.2) is 5.82 Å². The predicted molar refractivity (Wildman–Crippen MR) is 92.5 cm³/mol. The molecule has 0 aliphatic rings. The summed E-state index contributed by atoms with van der Waals surface area (Å²) in [4.78, 5) is 20.4. The number of aryl methyl sites for hydroxylation is 1. The molecule has 0 saturated carbocycles. The number of rotatable bonds is 8. The van der Waals surface area contributed by atoms with Crippen LogP contribution in [0.5, 0.6) is 0 Å². The van der Waals surface area contributed by atoms with E-state index in [0.29, 0.717) is 29.8 Å². The molecule has 0 spiro atoms. The van der Waals surface area contributed by atoms with Gasteiger partial charge in [0.25, 0.3) is 0 Å². The summed E-state index contributed by atoms with van der Waals surface area (Å²) in [6.45, 7) is 2.26. The Kier molecular flexibility index (Phi) is 5.78. The maximum Gasteiger partial charge on any atom is 0.230 e. The number of amides is 1. The predicted octanol–water partition coefficient (Wildman–Crippen LogP) is 1.76. The first-order valence-electron chi connectivity index (χ1n) is 7.74. The summed E-state index contributed by atoms with van der Waals surface area (Å²) in [5.41, 5.74) is 1.02. The molecule has 3 aromatic rings. The quantitative estimate of drug-likeness (QED) is 0.655. The standard InChI is InChI=1S/C16H18N6O2S/c1-12-19-15(21-24-12)8-25-9-16(23)20-14(7-22-11-17-10-18-22)13-5-3-2-4-6-13/h2-6,10-11,14H,7-9H2,1H3,(H,20,23). The second kappa shape index (κ2) is 8.43. The molecule has 0 radical (unpaired) electrons. The Morgan fingerprint density at radius 3 is 2.88 bits per heavy atom. The zero-order valence-electron chi connectivity index (χ0n) is 13.7. The Balaban J connectivity index is 1.56. The summed E-state index contributed by atoms with van der Waals surface area (Å²) < 4.78 is 6.61. The first-order valence-corrected chi connectivity index (χ1v) is 8.90. The second-order valence-electron chi connectivity index (χ2n) is 5.37. The highest BCUT2D eigenvalue weighted by molar-refractivity contribution is 7.99. The first-order chi connectivity index (χ1) is 12.2. The average molecular weight is 358 g/mol. The number of hydrogen-bond acceptors (Lipinski definition) is 7. The van der Waals surface area contributed by atoms with E-state index in [0.717, 1.165) is 5.56 Å². The van der Waals surface area contributed by atoms with Crippen LogP contribution in [0.2, 0.25) is 0 Å². The van der Waals surface area contributed by atoms with Crippen LogP contribution in [0.4, 0.5) is 0 Å². The summed E-state index contributed by atoms with van der Waals surface area (Å²) in [7, 11) is 0. The largest absolute Gasteiger partial charge is 0.347 e. The van der Waals surface area contributed by atoms with Gasteiger partial charge < -0.3 is 9.84 Å². The summed E-state index contributed by atoms with van der Waals surface area (Å²) in [6, 6.07) is 9.63. The number of nitrogens with zero attached hydrogens (tertiary/aromatic N) is 5. The van der Waals surface area contributed by atoms with Crippen LogP contribution < -0.4 is 5.32 Å². The van der Waals surface area contributed by atoms with Crippen LogP contribution in [0.1, 0.15) is 23.3 Å². The molecule has 0 bridgehead atoms. The van der Waals surface area contributed by atoms with E-state index in [4.69, 9.17) is 4.52 Å².